The van der Waals surface area contributed by atoms with Crippen LogP contribution in [0.25, 0.3) is 17.0 Å². The largest absolute Gasteiger partial charge is 0.361 e. The van der Waals surface area contributed by atoms with Crippen molar-refractivity contribution in [2.24, 2.45) is 0 Å². The van der Waals surface area contributed by atoms with E-state index in [1.54, 1.807) is 36.4 Å². The van der Waals surface area contributed by atoms with Crippen LogP contribution in [-0.4, -0.2) is 19.3 Å². The van der Waals surface area contributed by atoms with Gasteiger partial charge in [-0.2, -0.15) is 0 Å². The molecular weight excluding hydrogens is 499 g/mol. The average Bonchev–Trinajstić information content (AvgIpc) is 3.19. The molecular formula is C24H16Cl2N2O3S2. The number of anilines is 1. The third-order valence-electron chi connectivity index (χ3n) is 5.31. The first-order valence-corrected chi connectivity index (χ1v) is 13.1. The van der Waals surface area contributed by atoms with Gasteiger partial charge in [0.15, 0.2) is 9.84 Å². The van der Waals surface area contributed by atoms with Crippen LogP contribution in [0.15, 0.2) is 81.6 Å². The van der Waals surface area contributed by atoms with Gasteiger partial charge in [0.05, 0.1) is 21.2 Å². The van der Waals surface area contributed by atoms with E-state index in [2.05, 4.69) is 10.3 Å². The molecule has 0 spiro atoms. The molecule has 1 aliphatic rings. The summed E-state index contributed by atoms with van der Waals surface area (Å²) in [7, 11) is -3.72. The quantitative estimate of drug-likeness (QED) is 0.303. The molecule has 1 amide bonds. The lowest BCUT2D eigenvalue weighted by molar-refractivity contribution is -0.112. The van der Waals surface area contributed by atoms with Crippen LogP contribution in [0.5, 0.6) is 0 Å². The van der Waals surface area contributed by atoms with Crippen LogP contribution in [0, 0.1) is 0 Å². The molecule has 33 heavy (non-hydrogen) atoms. The van der Waals surface area contributed by atoms with Gasteiger partial charge in [0.1, 0.15) is 0 Å². The molecule has 0 radical (unpaired) electrons. The molecule has 0 bridgehead atoms. The second-order valence-electron chi connectivity index (χ2n) is 7.47. The number of fused-ring (bicyclic) bond motifs is 2. The highest BCUT2D eigenvalue weighted by atomic mass is 35.5. The van der Waals surface area contributed by atoms with Gasteiger partial charge in [0.2, 0.25) is 0 Å². The van der Waals surface area contributed by atoms with Crippen LogP contribution in [0.3, 0.4) is 0 Å². The van der Waals surface area contributed by atoms with E-state index in [1.165, 1.54) is 17.8 Å². The maximum absolute atomic E-state index is 13.1. The molecule has 3 aromatic carbocycles. The lowest BCUT2D eigenvalue weighted by atomic mass is 10.1. The van der Waals surface area contributed by atoms with E-state index in [0.29, 0.717) is 31.1 Å². The van der Waals surface area contributed by atoms with Crippen LogP contribution in [-0.2, 0) is 20.4 Å². The summed E-state index contributed by atoms with van der Waals surface area (Å²) in [5, 5.41) is 4.44. The Kier molecular flexibility index (Phi) is 5.74. The molecule has 9 heteroatoms. The molecule has 166 valence electrons. The number of rotatable bonds is 4. The highest BCUT2D eigenvalue weighted by Gasteiger charge is 2.25. The zero-order valence-corrected chi connectivity index (χ0v) is 20.1. The Morgan fingerprint density at radius 2 is 1.73 bits per heavy atom. The Bertz CT molecular complexity index is 1540. The van der Waals surface area contributed by atoms with Crippen molar-refractivity contribution >= 4 is 73.4 Å². The van der Waals surface area contributed by atoms with Crippen LogP contribution >= 0.6 is 35.0 Å². The van der Waals surface area contributed by atoms with Crippen LogP contribution < -0.4 is 5.32 Å². The van der Waals surface area contributed by atoms with E-state index in [9.17, 15) is 13.2 Å². The highest BCUT2D eigenvalue weighted by molar-refractivity contribution is 8.04. The molecule has 5 rings (SSSR count). The fourth-order valence-corrected chi connectivity index (χ4v) is 6.80. The zero-order valence-electron chi connectivity index (χ0n) is 16.9. The van der Waals surface area contributed by atoms with Crippen molar-refractivity contribution in [3.05, 3.63) is 92.9 Å². The number of amides is 1. The Morgan fingerprint density at radius 3 is 2.52 bits per heavy atom. The van der Waals surface area contributed by atoms with Crippen LogP contribution in [0.1, 0.15) is 11.1 Å². The van der Waals surface area contributed by atoms with E-state index in [4.69, 9.17) is 23.2 Å². The maximum Gasteiger partial charge on any atom is 0.262 e. The van der Waals surface area contributed by atoms with Gasteiger partial charge in [-0.15, -0.1) is 0 Å². The van der Waals surface area contributed by atoms with Gasteiger partial charge < -0.3 is 10.3 Å². The summed E-state index contributed by atoms with van der Waals surface area (Å²) in [5.74, 6) is -0.560. The molecule has 0 saturated carbocycles. The van der Waals surface area contributed by atoms with Crippen molar-refractivity contribution in [2.45, 2.75) is 15.5 Å². The first-order chi connectivity index (χ1) is 15.8. The highest BCUT2D eigenvalue weighted by Crippen LogP contribution is 2.41. The molecule has 1 aliphatic heterocycles. The van der Waals surface area contributed by atoms with E-state index in [1.807, 2.05) is 30.5 Å². The number of hydrogen-bond donors (Lipinski definition) is 2. The van der Waals surface area contributed by atoms with Crippen LogP contribution in [0.2, 0.25) is 10.0 Å². The molecule has 0 atom stereocenters. The van der Waals surface area contributed by atoms with Crippen molar-refractivity contribution in [1.82, 2.24) is 4.98 Å². The number of nitrogens with one attached hydrogen (secondary N) is 2. The van der Waals surface area contributed by atoms with Crippen molar-refractivity contribution in [3.63, 3.8) is 0 Å². The molecule has 5 nitrogen and oxygen atoms in total. The first-order valence-electron chi connectivity index (χ1n) is 9.88. The number of hydrogen-bond acceptors (Lipinski definition) is 4. The van der Waals surface area contributed by atoms with Gasteiger partial charge in [-0.1, -0.05) is 59.2 Å². The molecule has 4 aromatic rings. The van der Waals surface area contributed by atoms with Crippen molar-refractivity contribution < 1.29 is 13.2 Å². The Labute approximate surface area is 204 Å². The van der Waals surface area contributed by atoms with Gasteiger partial charge in [0.25, 0.3) is 5.91 Å². The predicted octanol–water partition coefficient (Wildman–Crippen LogP) is 6.53. The summed E-state index contributed by atoms with van der Waals surface area (Å²) in [5.41, 5.74) is 2.77. The average molecular weight is 515 g/mol. The number of thioether (sulfide) groups is 1. The molecule has 0 saturated heterocycles. The van der Waals surface area contributed by atoms with E-state index >= 15 is 0 Å². The molecule has 0 aliphatic carbocycles. The van der Waals surface area contributed by atoms with Gasteiger partial charge in [0, 0.05) is 43.2 Å². The lowest BCUT2D eigenvalue weighted by Crippen LogP contribution is -2.17. The topological polar surface area (TPSA) is 79.0 Å². The van der Waals surface area contributed by atoms with Crippen LogP contribution in [0.4, 0.5) is 5.69 Å². The van der Waals surface area contributed by atoms with Gasteiger partial charge >= 0.3 is 0 Å². The minimum Gasteiger partial charge on any atom is -0.361 e. The number of aromatic nitrogens is 1. The van der Waals surface area contributed by atoms with Gasteiger partial charge in [-0.25, -0.2) is 8.42 Å². The molecule has 2 heterocycles. The van der Waals surface area contributed by atoms with Crippen molar-refractivity contribution in [2.75, 3.05) is 5.32 Å². The number of H-pyrrole nitrogens is 1. The minimum atomic E-state index is -3.72. The van der Waals surface area contributed by atoms with E-state index in [0.717, 1.165) is 16.5 Å². The van der Waals surface area contributed by atoms with Gasteiger partial charge in [-0.3, -0.25) is 4.79 Å². The van der Waals surface area contributed by atoms with E-state index < -0.39 is 9.84 Å². The van der Waals surface area contributed by atoms with Gasteiger partial charge in [-0.05, 0) is 42.5 Å². The second-order valence-corrected chi connectivity index (χ2v) is 11.4. The normalized spacial score (nSPS) is 15.0. The summed E-state index contributed by atoms with van der Waals surface area (Å²) in [6.45, 7) is 0. The summed E-state index contributed by atoms with van der Waals surface area (Å²) < 4.78 is 26.2. The third-order valence-corrected chi connectivity index (χ3v) is 8.74. The van der Waals surface area contributed by atoms with E-state index in [-0.39, 0.29) is 16.6 Å². The van der Waals surface area contributed by atoms with Crippen molar-refractivity contribution in [1.29, 1.82) is 0 Å². The third kappa shape index (κ3) is 4.29. The fourth-order valence-electron chi connectivity index (χ4n) is 3.63. The Morgan fingerprint density at radius 1 is 0.970 bits per heavy atom. The smallest absolute Gasteiger partial charge is 0.262 e. The number of para-hydroxylation sites is 1. The molecule has 1 aromatic heterocycles. The number of halogens is 2. The fraction of sp³-hybridized carbons (Fsp3) is 0.0417. The minimum absolute atomic E-state index is 0.132. The predicted molar refractivity (Wildman–Crippen MR) is 135 cm³/mol. The second kappa shape index (κ2) is 8.57. The maximum atomic E-state index is 13.1. The summed E-state index contributed by atoms with van der Waals surface area (Å²) in [6, 6.07) is 17.3. The first kappa shape index (κ1) is 22.1. The zero-order chi connectivity index (χ0) is 23.2. The Balaban J connectivity index is 1.48. The molecule has 0 fully saturated rings. The monoisotopic (exact) mass is 514 g/mol. The number of benzene rings is 3. The Hall–Kier alpha value is -2.71. The lowest BCUT2D eigenvalue weighted by Gasteiger charge is -2.19. The number of aromatic amines is 1. The number of carbonyl (C=O) groups is 1. The van der Waals surface area contributed by atoms with Crippen molar-refractivity contribution in [3.8, 4) is 0 Å². The summed E-state index contributed by atoms with van der Waals surface area (Å²) >= 11 is 13.6. The summed E-state index contributed by atoms with van der Waals surface area (Å²) in [6.07, 6.45) is 3.64. The number of sulfone groups is 1. The molecule has 2 N–H and O–H groups in total. The SMILES string of the molecule is O=C1Nc2ccc(S(=O)(=O)Cc3c(Cl)cccc3Cl)cc2SC1=Cc1c[nH]c2ccccc12. The number of carbonyl (C=O) groups excluding carboxylic acids is 1. The summed E-state index contributed by atoms with van der Waals surface area (Å²) in [4.78, 5) is 17.1. The molecule has 0 unspecified atom stereocenters. The standard InChI is InChI=1S/C24H16Cl2N2O3S2/c25-18-5-3-6-19(26)17(18)13-33(30,31)15-8-9-21-22(11-15)32-23(24(29)28-21)10-14-12-27-20-7-2-1-4-16(14)20/h1-12,27H,13H2,(H,28,29).